The minimum Gasteiger partial charge on any atom is -0.481 e. The van der Waals surface area contributed by atoms with Crippen LogP contribution >= 0.6 is 0 Å². The number of carboxylic acids is 1. The molecule has 1 heterocycles. The number of hydrogen-bond acceptors (Lipinski definition) is 5. The van der Waals surface area contributed by atoms with Crippen LogP contribution in [-0.4, -0.2) is 41.7 Å². The van der Waals surface area contributed by atoms with Crippen LogP contribution in [0.2, 0.25) is 0 Å². The molecule has 0 radical (unpaired) electrons. The lowest BCUT2D eigenvalue weighted by Gasteiger charge is -2.20. The molecule has 0 unspecified atom stereocenters. The Kier molecular flexibility index (Phi) is 5.78. The van der Waals surface area contributed by atoms with Gasteiger partial charge in [-0.05, 0) is 26.0 Å². The first-order valence-corrected chi connectivity index (χ1v) is 6.18. The molecule has 0 saturated carbocycles. The molecule has 1 aromatic rings. The van der Waals surface area contributed by atoms with Crippen molar-refractivity contribution in [1.82, 2.24) is 4.98 Å². The standard InChI is InChI=1S/C13H18N2O4/c1-3-15(8-7-12(16)17)11-6-5-10(9-14-11)13(18)19-4-2/h5-6,9H,3-4,7-8H2,1-2H3,(H,16,17). The third-order valence-electron chi connectivity index (χ3n) is 2.56. The zero-order valence-corrected chi connectivity index (χ0v) is 11.1. The second-order valence-electron chi connectivity index (χ2n) is 3.85. The van der Waals surface area contributed by atoms with Crippen LogP contribution in [0.5, 0.6) is 0 Å². The summed E-state index contributed by atoms with van der Waals surface area (Å²) in [6, 6.07) is 3.32. The fourth-order valence-corrected chi connectivity index (χ4v) is 1.57. The van der Waals surface area contributed by atoms with Gasteiger partial charge in [0.1, 0.15) is 5.82 Å². The number of rotatable bonds is 7. The van der Waals surface area contributed by atoms with Crippen LogP contribution in [0, 0.1) is 0 Å². The number of hydrogen-bond donors (Lipinski definition) is 1. The molecule has 6 heteroatoms. The van der Waals surface area contributed by atoms with Crippen LogP contribution in [0.1, 0.15) is 30.6 Å². The Morgan fingerprint density at radius 1 is 1.37 bits per heavy atom. The maximum Gasteiger partial charge on any atom is 0.339 e. The highest BCUT2D eigenvalue weighted by Gasteiger charge is 2.10. The lowest BCUT2D eigenvalue weighted by atomic mass is 10.2. The summed E-state index contributed by atoms with van der Waals surface area (Å²) in [5.41, 5.74) is 0.389. The molecule has 19 heavy (non-hydrogen) atoms. The normalized spacial score (nSPS) is 10.0. The Labute approximate surface area is 112 Å². The van der Waals surface area contributed by atoms with Crippen LogP contribution < -0.4 is 4.90 Å². The van der Waals surface area contributed by atoms with Crippen molar-refractivity contribution in [3.05, 3.63) is 23.9 Å². The van der Waals surface area contributed by atoms with Gasteiger partial charge in [0, 0.05) is 19.3 Å². The van der Waals surface area contributed by atoms with Gasteiger partial charge in [-0.25, -0.2) is 9.78 Å². The maximum atomic E-state index is 11.5. The summed E-state index contributed by atoms with van der Waals surface area (Å²) in [7, 11) is 0. The Hall–Kier alpha value is -2.11. The molecule has 1 N–H and O–H groups in total. The van der Waals surface area contributed by atoms with E-state index in [9.17, 15) is 9.59 Å². The predicted molar refractivity (Wildman–Crippen MR) is 70.3 cm³/mol. The number of carbonyl (C=O) groups is 2. The maximum absolute atomic E-state index is 11.5. The number of nitrogens with zero attached hydrogens (tertiary/aromatic N) is 2. The van der Waals surface area contributed by atoms with Crippen molar-refractivity contribution in [2.24, 2.45) is 0 Å². The number of carbonyl (C=O) groups excluding carboxylic acids is 1. The molecule has 0 fully saturated rings. The number of aliphatic carboxylic acids is 1. The molecule has 6 nitrogen and oxygen atoms in total. The minimum atomic E-state index is -0.846. The highest BCUT2D eigenvalue weighted by atomic mass is 16.5. The third kappa shape index (κ3) is 4.57. The van der Waals surface area contributed by atoms with E-state index in [-0.39, 0.29) is 6.42 Å². The predicted octanol–water partition coefficient (Wildman–Crippen LogP) is 1.56. The lowest BCUT2D eigenvalue weighted by molar-refractivity contribution is -0.136. The van der Waals surface area contributed by atoms with Gasteiger partial charge in [-0.3, -0.25) is 4.79 Å². The Balaban J connectivity index is 2.72. The Morgan fingerprint density at radius 3 is 2.58 bits per heavy atom. The summed E-state index contributed by atoms with van der Waals surface area (Å²) in [5, 5.41) is 8.67. The monoisotopic (exact) mass is 266 g/mol. The van der Waals surface area contributed by atoms with Gasteiger partial charge >= 0.3 is 11.9 Å². The van der Waals surface area contributed by atoms with Gasteiger partial charge in [-0.15, -0.1) is 0 Å². The number of ether oxygens (including phenoxy) is 1. The summed E-state index contributed by atoms with van der Waals surface area (Å²) in [6.45, 7) is 5.02. The zero-order valence-electron chi connectivity index (χ0n) is 11.1. The van der Waals surface area contributed by atoms with Crippen molar-refractivity contribution in [1.29, 1.82) is 0 Å². The largest absolute Gasteiger partial charge is 0.481 e. The van der Waals surface area contributed by atoms with Gasteiger partial charge < -0.3 is 14.7 Å². The second kappa shape index (κ2) is 7.35. The molecule has 1 aromatic heterocycles. The summed E-state index contributed by atoms with van der Waals surface area (Å²) in [4.78, 5) is 28.0. The van der Waals surface area contributed by atoms with Crippen molar-refractivity contribution >= 4 is 17.8 Å². The number of esters is 1. The fourth-order valence-electron chi connectivity index (χ4n) is 1.57. The molecular formula is C13H18N2O4. The highest BCUT2D eigenvalue weighted by molar-refractivity contribution is 5.89. The minimum absolute atomic E-state index is 0.0507. The van der Waals surface area contributed by atoms with Gasteiger partial charge in [0.2, 0.25) is 0 Å². The van der Waals surface area contributed by atoms with Gasteiger partial charge in [0.15, 0.2) is 0 Å². The SMILES string of the molecule is CCOC(=O)c1ccc(N(CC)CCC(=O)O)nc1. The molecule has 0 aromatic carbocycles. The number of carboxylic acid groups (broad SMARTS) is 1. The lowest BCUT2D eigenvalue weighted by Crippen LogP contribution is -2.26. The quantitative estimate of drug-likeness (QED) is 0.754. The third-order valence-corrected chi connectivity index (χ3v) is 2.56. The molecule has 104 valence electrons. The molecular weight excluding hydrogens is 248 g/mol. The van der Waals surface area contributed by atoms with Gasteiger partial charge in [0.25, 0.3) is 0 Å². The van der Waals surface area contributed by atoms with Crippen molar-refractivity contribution in [3.63, 3.8) is 0 Å². The number of aromatic nitrogens is 1. The molecule has 0 amide bonds. The number of pyridine rings is 1. The molecule has 0 aliphatic rings. The summed E-state index contributed by atoms with van der Waals surface area (Å²) < 4.78 is 4.86. The van der Waals surface area contributed by atoms with Gasteiger partial charge in [-0.2, -0.15) is 0 Å². The first-order chi connectivity index (χ1) is 9.08. The van der Waals surface area contributed by atoms with Crippen molar-refractivity contribution in [2.75, 3.05) is 24.6 Å². The average Bonchev–Trinajstić information content (AvgIpc) is 2.40. The summed E-state index contributed by atoms with van der Waals surface area (Å²) in [5.74, 6) is -0.603. The molecule has 1 rings (SSSR count). The zero-order chi connectivity index (χ0) is 14.3. The van der Waals surface area contributed by atoms with E-state index < -0.39 is 11.9 Å². The molecule has 0 spiro atoms. The second-order valence-corrected chi connectivity index (χ2v) is 3.85. The average molecular weight is 266 g/mol. The van der Waals surface area contributed by atoms with E-state index in [2.05, 4.69) is 4.98 Å². The Bertz CT molecular complexity index is 431. The smallest absolute Gasteiger partial charge is 0.339 e. The van der Waals surface area contributed by atoms with E-state index in [1.165, 1.54) is 6.20 Å². The van der Waals surface area contributed by atoms with E-state index in [0.29, 0.717) is 31.1 Å². The van der Waals surface area contributed by atoms with Crippen molar-refractivity contribution in [3.8, 4) is 0 Å². The first kappa shape index (κ1) is 14.9. The molecule has 0 bridgehead atoms. The number of anilines is 1. The Morgan fingerprint density at radius 2 is 2.11 bits per heavy atom. The van der Waals surface area contributed by atoms with E-state index in [0.717, 1.165) is 0 Å². The van der Waals surface area contributed by atoms with Crippen LogP contribution in [0.25, 0.3) is 0 Å². The molecule has 0 aliphatic carbocycles. The molecule has 0 saturated heterocycles. The summed E-state index contributed by atoms with van der Waals surface area (Å²) >= 11 is 0. The van der Waals surface area contributed by atoms with E-state index >= 15 is 0 Å². The summed E-state index contributed by atoms with van der Waals surface area (Å²) in [6.07, 6.45) is 1.49. The topological polar surface area (TPSA) is 79.7 Å². The van der Waals surface area contributed by atoms with E-state index in [4.69, 9.17) is 9.84 Å². The molecule has 0 aliphatic heterocycles. The van der Waals surface area contributed by atoms with E-state index in [1.54, 1.807) is 19.1 Å². The van der Waals surface area contributed by atoms with Crippen molar-refractivity contribution < 1.29 is 19.4 Å². The van der Waals surface area contributed by atoms with Crippen LogP contribution in [0.3, 0.4) is 0 Å². The highest BCUT2D eigenvalue weighted by Crippen LogP contribution is 2.12. The first-order valence-electron chi connectivity index (χ1n) is 6.18. The van der Waals surface area contributed by atoms with Crippen LogP contribution in [-0.2, 0) is 9.53 Å². The van der Waals surface area contributed by atoms with E-state index in [1.807, 2.05) is 11.8 Å². The fraction of sp³-hybridized carbons (Fsp3) is 0.462. The van der Waals surface area contributed by atoms with Crippen molar-refractivity contribution in [2.45, 2.75) is 20.3 Å². The van der Waals surface area contributed by atoms with Gasteiger partial charge in [0.05, 0.1) is 18.6 Å². The van der Waals surface area contributed by atoms with Crippen LogP contribution in [0.15, 0.2) is 18.3 Å². The van der Waals surface area contributed by atoms with Gasteiger partial charge in [-0.1, -0.05) is 0 Å². The molecule has 0 atom stereocenters. The van der Waals surface area contributed by atoms with Crippen LogP contribution in [0.4, 0.5) is 5.82 Å².